The van der Waals surface area contributed by atoms with Crippen LogP contribution >= 0.6 is 0 Å². The second kappa shape index (κ2) is 12.5. The molecule has 0 unspecified atom stereocenters. The van der Waals surface area contributed by atoms with Crippen LogP contribution in [0, 0.1) is 6.92 Å². The largest absolute Gasteiger partial charge is 0.494 e. The quantitative estimate of drug-likeness (QED) is 0.411. The Morgan fingerprint density at radius 2 is 1.53 bits per heavy atom. The number of unbranched alkanes of at least 4 members (excludes halogenated alkanes) is 3. The van der Waals surface area contributed by atoms with Gasteiger partial charge in [0.25, 0.3) is 0 Å². The van der Waals surface area contributed by atoms with Crippen molar-refractivity contribution in [2.75, 3.05) is 29.1 Å². The summed E-state index contributed by atoms with van der Waals surface area (Å²) in [4.78, 5) is 24.0. The third kappa shape index (κ3) is 7.78. The molecule has 0 radical (unpaired) electrons. The van der Waals surface area contributed by atoms with E-state index in [1.54, 1.807) is 6.92 Å². The van der Waals surface area contributed by atoms with Crippen molar-refractivity contribution in [1.82, 2.24) is 0 Å². The number of hydrogen-bond acceptors (Lipinski definition) is 4. The van der Waals surface area contributed by atoms with Crippen LogP contribution in [-0.2, 0) is 9.59 Å². The molecule has 0 bridgehead atoms. The summed E-state index contributed by atoms with van der Waals surface area (Å²) >= 11 is 0. The lowest BCUT2D eigenvalue weighted by Gasteiger charge is -2.14. The van der Waals surface area contributed by atoms with Crippen LogP contribution in [0.4, 0.5) is 17.1 Å². The van der Waals surface area contributed by atoms with Crippen molar-refractivity contribution in [3.05, 3.63) is 48.0 Å². The Balaban J connectivity index is 1.80. The number of carbonyl (C=O) groups is 2. The van der Waals surface area contributed by atoms with Crippen LogP contribution < -0.4 is 20.7 Å². The molecule has 6 nitrogen and oxygen atoms in total. The number of carbonyl (C=O) groups excluding carboxylic acids is 2. The zero-order chi connectivity index (χ0) is 21.8. The Morgan fingerprint density at radius 1 is 0.867 bits per heavy atom. The van der Waals surface area contributed by atoms with Crippen molar-refractivity contribution in [1.29, 1.82) is 0 Å². The van der Waals surface area contributed by atoms with E-state index in [1.807, 2.05) is 49.4 Å². The third-order valence-electron chi connectivity index (χ3n) is 4.78. The van der Waals surface area contributed by atoms with Crippen LogP contribution in [0.3, 0.4) is 0 Å². The van der Waals surface area contributed by atoms with Gasteiger partial charge in [0.05, 0.1) is 13.2 Å². The summed E-state index contributed by atoms with van der Waals surface area (Å²) in [6.07, 6.45) is 5.12. The summed E-state index contributed by atoms with van der Waals surface area (Å²) in [5, 5.41) is 8.85. The van der Waals surface area contributed by atoms with Crippen molar-refractivity contribution in [2.24, 2.45) is 0 Å². The van der Waals surface area contributed by atoms with Crippen LogP contribution in [0.25, 0.3) is 0 Å². The monoisotopic (exact) mass is 411 g/mol. The molecule has 0 aliphatic heterocycles. The van der Waals surface area contributed by atoms with Crippen molar-refractivity contribution in [2.45, 2.75) is 52.9 Å². The third-order valence-corrected chi connectivity index (χ3v) is 4.78. The van der Waals surface area contributed by atoms with Gasteiger partial charge < -0.3 is 20.7 Å². The van der Waals surface area contributed by atoms with Crippen LogP contribution in [0.15, 0.2) is 42.5 Å². The fraction of sp³-hybridized carbons (Fsp3) is 0.417. The van der Waals surface area contributed by atoms with Crippen molar-refractivity contribution < 1.29 is 14.3 Å². The smallest absolute Gasteiger partial charge is 0.243 e. The van der Waals surface area contributed by atoms with Crippen LogP contribution in [-0.4, -0.2) is 25.0 Å². The SMILES string of the molecule is CCCCCCOc1ccc(NCC(=O)Nc2cccc(NC(=O)CC)c2C)cc1. The van der Waals surface area contributed by atoms with E-state index < -0.39 is 0 Å². The maximum absolute atomic E-state index is 12.3. The van der Waals surface area contributed by atoms with Gasteiger partial charge in [-0.1, -0.05) is 39.2 Å². The first-order chi connectivity index (χ1) is 14.5. The van der Waals surface area contributed by atoms with Crippen LogP contribution in [0.5, 0.6) is 5.75 Å². The number of amides is 2. The fourth-order valence-corrected chi connectivity index (χ4v) is 2.91. The van der Waals surface area contributed by atoms with Gasteiger partial charge in [0.15, 0.2) is 0 Å². The van der Waals surface area contributed by atoms with Crippen molar-refractivity contribution in [3.8, 4) is 5.75 Å². The molecule has 0 saturated carbocycles. The first-order valence-corrected chi connectivity index (χ1v) is 10.7. The van der Waals surface area contributed by atoms with Gasteiger partial charge in [0.2, 0.25) is 11.8 Å². The molecule has 0 aromatic heterocycles. The van der Waals surface area contributed by atoms with Crippen LogP contribution in [0.2, 0.25) is 0 Å². The molecule has 6 heteroatoms. The van der Waals surface area contributed by atoms with E-state index in [-0.39, 0.29) is 18.4 Å². The van der Waals surface area contributed by atoms with Gasteiger partial charge in [0, 0.05) is 23.5 Å². The van der Waals surface area contributed by atoms with E-state index in [2.05, 4.69) is 22.9 Å². The molecule has 0 saturated heterocycles. The number of nitrogens with one attached hydrogen (secondary N) is 3. The van der Waals surface area contributed by atoms with E-state index in [4.69, 9.17) is 4.74 Å². The van der Waals surface area contributed by atoms with Crippen LogP contribution in [0.1, 0.15) is 51.5 Å². The van der Waals surface area contributed by atoms with E-state index >= 15 is 0 Å². The number of benzene rings is 2. The van der Waals surface area contributed by atoms with E-state index in [0.717, 1.165) is 30.0 Å². The molecule has 0 aliphatic rings. The second-order valence-corrected chi connectivity index (χ2v) is 7.22. The highest BCUT2D eigenvalue weighted by molar-refractivity contribution is 5.97. The Kier molecular flexibility index (Phi) is 9.71. The molecule has 2 aromatic rings. The average molecular weight is 412 g/mol. The Labute approximate surface area is 179 Å². The average Bonchev–Trinajstić information content (AvgIpc) is 2.75. The zero-order valence-electron chi connectivity index (χ0n) is 18.2. The molecule has 0 fully saturated rings. The summed E-state index contributed by atoms with van der Waals surface area (Å²) in [5.74, 6) is 0.619. The summed E-state index contributed by atoms with van der Waals surface area (Å²) in [6, 6.07) is 13.1. The Hall–Kier alpha value is -3.02. The predicted octanol–water partition coefficient (Wildman–Crippen LogP) is 5.35. The lowest BCUT2D eigenvalue weighted by molar-refractivity contribution is -0.116. The summed E-state index contributed by atoms with van der Waals surface area (Å²) in [7, 11) is 0. The van der Waals surface area contributed by atoms with E-state index in [0.29, 0.717) is 17.8 Å². The molecule has 0 aliphatic carbocycles. The highest BCUT2D eigenvalue weighted by Gasteiger charge is 2.09. The molecule has 0 heterocycles. The molecule has 0 spiro atoms. The Morgan fingerprint density at radius 3 is 2.17 bits per heavy atom. The lowest BCUT2D eigenvalue weighted by atomic mass is 10.1. The highest BCUT2D eigenvalue weighted by atomic mass is 16.5. The molecule has 0 atom stereocenters. The minimum Gasteiger partial charge on any atom is -0.494 e. The Bertz CT molecular complexity index is 819. The molecule has 2 aromatic carbocycles. The number of hydrogen-bond donors (Lipinski definition) is 3. The zero-order valence-corrected chi connectivity index (χ0v) is 18.2. The summed E-state index contributed by atoms with van der Waals surface area (Å²) in [6.45, 7) is 6.73. The molecule has 3 N–H and O–H groups in total. The minimum atomic E-state index is -0.159. The normalized spacial score (nSPS) is 10.4. The van der Waals surface area contributed by atoms with Crippen molar-refractivity contribution >= 4 is 28.9 Å². The van der Waals surface area contributed by atoms with Gasteiger partial charge >= 0.3 is 0 Å². The number of anilines is 3. The van der Waals surface area contributed by atoms with Gasteiger partial charge in [-0.2, -0.15) is 0 Å². The summed E-state index contributed by atoms with van der Waals surface area (Å²) in [5.41, 5.74) is 3.07. The second-order valence-electron chi connectivity index (χ2n) is 7.22. The molecule has 2 amide bonds. The van der Waals surface area contributed by atoms with Gasteiger partial charge in [-0.15, -0.1) is 0 Å². The molecular weight excluding hydrogens is 378 g/mol. The minimum absolute atomic E-state index is 0.0587. The van der Waals surface area contributed by atoms with Gasteiger partial charge in [-0.25, -0.2) is 0 Å². The maximum Gasteiger partial charge on any atom is 0.243 e. The molecular formula is C24H33N3O3. The first-order valence-electron chi connectivity index (χ1n) is 10.7. The highest BCUT2D eigenvalue weighted by Crippen LogP contribution is 2.23. The molecule has 30 heavy (non-hydrogen) atoms. The predicted molar refractivity (Wildman–Crippen MR) is 123 cm³/mol. The molecule has 162 valence electrons. The first kappa shape index (κ1) is 23.3. The topological polar surface area (TPSA) is 79.5 Å². The summed E-state index contributed by atoms with van der Waals surface area (Å²) < 4.78 is 5.74. The standard InChI is InChI=1S/C24H33N3O3/c1-4-6-7-8-16-30-20-14-12-19(13-15-20)25-17-24(29)27-22-11-9-10-21(18(22)3)26-23(28)5-2/h9-15,25H,4-8,16-17H2,1-3H3,(H,26,28)(H,27,29). The molecule has 2 rings (SSSR count). The van der Waals surface area contributed by atoms with Gasteiger partial charge in [-0.05, 0) is 55.3 Å². The van der Waals surface area contributed by atoms with Gasteiger partial charge in [-0.3, -0.25) is 9.59 Å². The van der Waals surface area contributed by atoms with E-state index in [9.17, 15) is 9.59 Å². The number of rotatable bonds is 12. The fourth-order valence-electron chi connectivity index (χ4n) is 2.91. The van der Waals surface area contributed by atoms with Crippen molar-refractivity contribution in [3.63, 3.8) is 0 Å². The van der Waals surface area contributed by atoms with E-state index in [1.165, 1.54) is 19.3 Å². The lowest BCUT2D eigenvalue weighted by Crippen LogP contribution is -2.22. The van der Waals surface area contributed by atoms with Gasteiger partial charge in [0.1, 0.15) is 5.75 Å². The maximum atomic E-state index is 12.3. The number of ether oxygens (including phenoxy) is 1.